The van der Waals surface area contributed by atoms with Crippen molar-refractivity contribution < 1.29 is 61.8 Å². The summed E-state index contributed by atoms with van der Waals surface area (Å²) in [6.07, 6.45) is -9.82. The van der Waals surface area contributed by atoms with Crippen LogP contribution in [0.2, 0.25) is 0 Å². The van der Waals surface area contributed by atoms with E-state index in [0.717, 1.165) is 24.3 Å². The summed E-state index contributed by atoms with van der Waals surface area (Å²) < 4.78 is 172. The lowest BCUT2D eigenvalue weighted by molar-refractivity contribution is -0.440. The van der Waals surface area contributed by atoms with Gasteiger partial charge >= 0.3 is 35.8 Å². The molecule has 28 heavy (non-hydrogen) atoms. The second-order valence-electron chi connectivity index (χ2n) is 5.33. The van der Waals surface area contributed by atoms with E-state index in [1.807, 2.05) is 0 Å². The second kappa shape index (κ2) is 7.17. The summed E-state index contributed by atoms with van der Waals surface area (Å²) >= 11 is 0. The van der Waals surface area contributed by atoms with Gasteiger partial charge in [-0.3, -0.25) is 0 Å². The van der Waals surface area contributed by atoms with Crippen molar-refractivity contribution in [2.24, 2.45) is 0 Å². The molecule has 14 heteroatoms. The first-order valence-electron chi connectivity index (χ1n) is 6.87. The van der Waals surface area contributed by atoms with E-state index in [2.05, 4.69) is 10.8 Å². The Kier molecular flexibility index (Phi) is 6.19. The summed E-state index contributed by atoms with van der Waals surface area (Å²) in [5.74, 6) is -37.1. The van der Waals surface area contributed by atoms with Crippen molar-refractivity contribution in [3.05, 3.63) is 30.3 Å². The fourth-order valence-corrected chi connectivity index (χ4v) is 1.72. The molecule has 0 amide bonds. The number of rotatable bonds is 8. The topological polar surface area (TPSA) is 9.23 Å². The van der Waals surface area contributed by atoms with Crippen LogP contribution in [0.1, 0.15) is 6.42 Å². The van der Waals surface area contributed by atoms with Gasteiger partial charge in [0.05, 0.1) is 13.0 Å². The molecule has 1 nitrogen and oxygen atoms in total. The van der Waals surface area contributed by atoms with Crippen LogP contribution in [0.5, 0.6) is 5.75 Å². The molecule has 0 aliphatic rings. The Morgan fingerprint density at radius 1 is 0.643 bits per heavy atom. The number of alkyl halides is 13. The van der Waals surface area contributed by atoms with Crippen molar-refractivity contribution in [1.29, 1.82) is 0 Å². The van der Waals surface area contributed by atoms with Gasteiger partial charge in [0, 0.05) is 0 Å². The molecule has 0 spiro atoms. The Balaban J connectivity index is 3.11. The van der Waals surface area contributed by atoms with Gasteiger partial charge in [-0.05, 0) is 18.2 Å². The van der Waals surface area contributed by atoms with E-state index in [1.165, 1.54) is 0 Å². The van der Waals surface area contributed by atoms with Crippen LogP contribution in [-0.2, 0) is 0 Å². The molecule has 0 N–H and O–H groups in total. The Morgan fingerprint density at radius 3 is 1.50 bits per heavy atom. The molecular weight excluding hydrogens is 431 g/mol. The molecule has 1 rings (SSSR count). The zero-order valence-electron chi connectivity index (χ0n) is 13.0. The van der Waals surface area contributed by atoms with Crippen molar-refractivity contribution in [3.8, 4) is 5.75 Å². The van der Waals surface area contributed by atoms with Crippen molar-refractivity contribution in [1.82, 2.24) is 0 Å². The van der Waals surface area contributed by atoms with Crippen LogP contribution in [0.15, 0.2) is 24.3 Å². The summed E-state index contributed by atoms with van der Waals surface area (Å²) in [7, 11) is 0. The Hall–Kier alpha value is -1.89. The highest BCUT2D eigenvalue weighted by Gasteiger charge is 2.90. The third-order valence-corrected chi connectivity index (χ3v) is 3.37. The largest absolute Gasteiger partial charge is 0.493 e. The van der Waals surface area contributed by atoms with E-state index in [1.54, 1.807) is 0 Å². The fraction of sp³-hybridized carbons (Fsp3) is 0.571. The molecule has 0 fully saturated rings. The highest BCUT2D eigenvalue weighted by Crippen LogP contribution is 2.60. The zero-order valence-corrected chi connectivity index (χ0v) is 13.0. The van der Waals surface area contributed by atoms with Gasteiger partial charge in [-0.25, -0.2) is 0 Å². The fourth-order valence-electron chi connectivity index (χ4n) is 1.72. The molecular formula is C14H8F13O. The molecule has 0 heterocycles. The maximum absolute atomic E-state index is 13.4. The molecule has 1 aromatic rings. The minimum Gasteiger partial charge on any atom is -0.493 e. The van der Waals surface area contributed by atoms with Crippen LogP contribution in [0, 0.1) is 6.07 Å². The molecule has 0 bridgehead atoms. The van der Waals surface area contributed by atoms with Gasteiger partial charge in [-0.1, -0.05) is 12.1 Å². The van der Waals surface area contributed by atoms with Crippen LogP contribution in [-0.4, -0.2) is 42.4 Å². The Morgan fingerprint density at radius 2 is 1.07 bits per heavy atom. The molecule has 1 radical (unpaired) electrons. The number of hydrogen-bond acceptors (Lipinski definition) is 1. The van der Waals surface area contributed by atoms with Crippen molar-refractivity contribution in [3.63, 3.8) is 0 Å². The van der Waals surface area contributed by atoms with Gasteiger partial charge in [0.15, 0.2) is 0 Å². The van der Waals surface area contributed by atoms with Gasteiger partial charge in [-0.15, -0.1) is 0 Å². The van der Waals surface area contributed by atoms with Gasteiger partial charge < -0.3 is 4.74 Å². The van der Waals surface area contributed by atoms with E-state index in [4.69, 9.17) is 0 Å². The van der Waals surface area contributed by atoms with Gasteiger partial charge in [0.2, 0.25) is 0 Å². The van der Waals surface area contributed by atoms with Crippen LogP contribution >= 0.6 is 0 Å². The average Bonchev–Trinajstić information content (AvgIpc) is 2.53. The first kappa shape index (κ1) is 24.1. The lowest BCUT2D eigenvalue weighted by Crippen LogP contribution is -2.70. The third kappa shape index (κ3) is 3.81. The number of ether oxygens (including phenoxy) is 1. The molecule has 0 aliphatic carbocycles. The van der Waals surface area contributed by atoms with E-state index in [-0.39, 0.29) is 5.75 Å². The van der Waals surface area contributed by atoms with Gasteiger partial charge in [0.25, 0.3) is 0 Å². The molecule has 0 aliphatic heterocycles. The second-order valence-corrected chi connectivity index (χ2v) is 5.33. The van der Waals surface area contributed by atoms with Crippen LogP contribution in [0.4, 0.5) is 57.1 Å². The van der Waals surface area contributed by atoms with E-state index in [9.17, 15) is 57.1 Å². The van der Waals surface area contributed by atoms with Crippen molar-refractivity contribution >= 4 is 0 Å². The normalized spacial score (nSPS) is 14.9. The lowest BCUT2D eigenvalue weighted by Gasteiger charge is -2.39. The van der Waals surface area contributed by atoms with Crippen molar-refractivity contribution in [2.75, 3.05) is 6.61 Å². The summed E-state index contributed by atoms with van der Waals surface area (Å²) in [5.41, 5.74) is 0. The molecule has 0 saturated heterocycles. The standard InChI is InChI=1S/C14H8F13O/c15-9(16,6-7-28-8-4-2-1-3-5-8)10(17,18)11(19,20)12(21,22)13(23,24)14(25,26)27/h2-5H,6-7H2. The predicted molar refractivity (Wildman–Crippen MR) is 66.2 cm³/mol. The molecule has 161 valence electrons. The number of halogens is 13. The zero-order chi connectivity index (χ0) is 22.2. The van der Waals surface area contributed by atoms with E-state index < -0.39 is 48.8 Å². The predicted octanol–water partition coefficient (Wildman–Crippen LogP) is 5.99. The third-order valence-electron chi connectivity index (χ3n) is 3.37. The lowest BCUT2D eigenvalue weighted by atomic mass is 9.93. The number of benzene rings is 1. The molecule has 1 aromatic carbocycles. The smallest absolute Gasteiger partial charge is 0.460 e. The highest BCUT2D eigenvalue weighted by molar-refractivity contribution is 5.20. The minimum atomic E-state index is -7.89. The molecule has 0 saturated carbocycles. The SMILES string of the molecule is FC(F)(F)C(F)(F)C(F)(F)C(F)(F)C(F)(F)C(F)(F)CCOc1cc[c]cc1. The first-order valence-corrected chi connectivity index (χ1v) is 6.87. The molecule has 0 aromatic heterocycles. The maximum atomic E-state index is 13.4. The summed E-state index contributed by atoms with van der Waals surface area (Å²) in [6, 6.07) is 6.88. The molecule has 0 unspecified atom stereocenters. The highest BCUT2D eigenvalue weighted by atomic mass is 19.4. The minimum absolute atomic E-state index is 0.251. The van der Waals surface area contributed by atoms with E-state index >= 15 is 0 Å². The Labute approximate surface area is 148 Å². The van der Waals surface area contributed by atoms with Gasteiger partial charge in [0.1, 0.15) is 5.75 Å². The summed E-state index contributed by atoms with van der Waals surface area (Å²) in [4.78, 5) is 0. The maximum Gasteiger partial charge on any atom is 0.460 e. The van der Waals surface area contributed by atoms with Crippen LogP contribution in [0.3, 0.4) is 0 Å². The van der Waals surface area contributed by atoms with Crippen LogP contribution < -0.4 is 4.74 Å². The summed E-state index contributed by atoms with van der Waals surface area (Å²) in [5, 5.41) is 0. The quantitative estimate of drug-likeness (QED) is 0.452. The van der Waals surface area contributed by atoms with E-state index in [0.29, 0.717) is 0 Å². The van der Waals surface area contributed by atoms with Crippen LogP contribution in [0.25, 0.3) is 0 Å². The Bertz CT molecular complexity index is 651. The molecule has 0 atom stereocenters. The summed E-state index contributed by atoms with van der Waals surface area (Å²) in [6.45, 7) is -1.48. The van der Waals surface area contributed by atoms with Gasteiger partial charge in [-0.2, -0.15) is 57.1 Å². The van der Waals surface area contributed by atoms with Crippen molar-refractivity contribution in [2.45, 2.75) is 42.2 Å². The first-order chi connectivity index (χ1) is 12.3. The number of hydrogen-bond donors (Lipinski definition) is 0. The monoisotopic (exact) mass is 439 g/mol. The average molecular weight is 439 g/mol.